The van der Waals surface area contributed by atoms with Crippen LogP contribution in [0.4, 0.5) is 4.79 Å². The van der Waals surface area contributed by atoms with Crippen molar-refractivity contribution in [1.29, 1.82) is 0 Å². The van der Waals surface area contributed by atoms with Gasteiger partial charge in [-0.15, -0.1) is 0 Å². The summed E-state index contributed by atoms with van der Waals surface area (Å²) in [6.45, 7) is 2.97. The van der Waals surface area contributed by atoms with Gasteiger partial charge in [0.25, 0.3) is 0 Å². The van der Waals surface area contributed by atoms with E-state index in [-0.39, 0.29) is 18.1 Å². The molecule has 2 aromatic rings. The van der Waals surface area contributed by atoms with E-state index >= 15 is 0 Å². The molecule has 128 valence electrons. The molecule has 1 aromatic carbocycles. The van der Waals surface area contributed by atoms with Crippen LogP contribution in [-0.2, 0) is 4.74 Å². The molecule has 0 radical (unpaired) electrons. The summed E-state index contributed by atoms with van der Waals surface area (Å²) in [6, 6.07) is 8.09. The van der Waals surface area contributed by atoms with Crippen molar-refractivity contribution in [1.82, 2.24) is 20.2 Å². The van der Waals surface area contributed by atoms with Gasteiger partial charge in [-0.1, -0.05) is 12.1 Å². The van der Waals surface area contributed by atoms with Gasteiger partial charge in [-0.05, 0) is 37.8 Å². The number of nitrogens with zero attached hydrogens (tertiary/aromatic N) is 2. The van der Waals surface area contributed by atoms with Gasteiger partial charge in [0.2, 0.25) is 0 Å². The second-order valence-electron chi connectivity index (χ2n) is 6.75. The third-order valence-corrected chi connectivity index (χ3v) is 5.01. The number of likely N-dealkylation sites (tertiary alicyclic amines) is 1. The van der Waals surface area contributed by atoms with Crippen molar-refractivity contribution < 1.29 is 9.53 Å². The molecule has 24 heavy (non-hydrogen) atoms. The molecule has 2 fully saturated rings. The quantitative estimate of drug-likeness (QED) is 0.910. The molecule has 2 amide bonds. The fourth-order valence-electron chi connectivity index (χ4n) is 3.67. The van der Waals surface area contributed by atoms with Crippen LogP contribution in [0.2, 0.25) is 0 Å². The number of carbonyl (C=O) groups is 1. The van der Waals surface area contributed by atoms with Gasteiger partial charge in [-0.25, -0.2) is 9.78 Å². The molecule has 0 spiro atoms. The maximum atomic E-state index is 12.4. The van der Waals surface area contributed by atoms with Crippen LogP contribution in [0.25, 0.3) is 11.0 Å². The first-order chi connectivity index (χ1) is 11.8. The van der Waals surface area contributed by atoms with Crippen molar-refractivity contribution in [2.24, 2.45) is 0 Å². The number of para-hydroxylation sites is 2. The molecule has 0 aliphatic carbocycles. The lowest BCUT2D eigenvalue weighted by atomic mass is 9.97. The van der Waals surface area contributed by atoms with Crippen molar-refractivity contribution in [3.05, 3.63) is 30.1 Å². The highest BCUT2D eigenvalue weighted by Crippen LogP contribution is 2.26. The maximum absolute atomic E-state index is 12.4. The van der Waals surface area contributed by atoms with Gasteiger partial charge in [0.15, 0.2) is 0 Å². The van der Waals surface area contributed by atoms with Gasteiger partial charge in [0.05, 0.1) is 17.1 Å². The molecule has 2 aliphatic rings. The lowest BCUT2D eigenvalue weighted by Gasteiger charge is -2.32. The van der Waals surface area contributed by atoms with Crippen LogP contribution in [0.3, 0.4) is 0 Å². The number of carbonyl (C=O) groups excluding carboxylic acids is 1. The Morgan fingerprint density at radius 2 is 2.25 bits per heavy atom. The lowest BCUT2D eigenvalue weighted by Crippen LogP contribution is -2.46. The Hall–Kier alpha value is -2.08. The second kappa shape index (κ2) is 6.81. The van der Waals surface area contributed by atoms with E-state index < -0.39 is 0 Å². The first kappa shape index (κ1) is 15.4. The van der Waals surface area contributed by atoms with Crippen molar-refractivity contribution in [2.45, 2.75) is 37.7 Å². The zero-order valence-corrected chi connectivity index (χ0v) is 13.8. The van der Waals surface area contributed by atoms with E-state index in [1.807, 2.05) is 29.2 Å². The summed E-state index contributed by atoms with van der Waals surface area (Å²) >= 11 is 0. The molecule has 2 saturated heterocycles. The van der Waals surface area contributed by atoms with Crippen LogP contribution in [-0.4, -0.2) is 53.2 Å². The number of hydrogen-bond donors (Lipinski definition) is 2. The summed E-state index contributed by atoms with van der Waals surface area (Å²) in [4.78, 5) is 22.5. The van der Waals surface area contributed by atoms with E-state index in [4.69, 9.17) is 9.72 Å². The Morgan fingerprint density at radius 1 is 1.33 bits per heavy atom. The van der Waals surface area contributed by atoms with Crippen LogP contribution in [0.5, 0.6) is 0 Å². The normalized spacial score (nSPS) is 24.4. The molecular weight excluding hydrogens is 304 g/mol. The number of fused-ring (bicyclic) bond motifs is 1. The third kappa shape index (κ3) is 3.24. The Bertz CT molecular complexity index is 675. The number of ether oxygens (including phenoxy) is 1. The van der Waals surface area contributed by atoms with E-state index in [9.17, 15) is 4.79 Å². The number of aromatic amines is 1. The number of nitrogens with one attached hydrogen (secondary N) is 2. The highest BCUT2D eigenvalue weighted by atomic mass is 16.5. The maximum Gasteiger partial charge on any atom is 0.317 e. The third-order valence-electron chi connectivity index (χ3n) is 5.01. The molecule has 6 nitrogen and oxygen atoms in total. The van der Waals surface area contributed by atoms with Crippen molar-refractivity contribution in [2.75, 3.05) is 26.2 Å². The van der Waals surface area contributed by atoms with Gasteiger partial charge in [-0.2, -0.15) is 0 Å². The Labute approximate surface area is 141 Å². The topological polar surface area (TPSA) is 70.2 Å². The smallest absolute Gasteiger partial charge is 0.317 e. The van der Waals surface area contributed by atoms with Gasteiger partial charge < -0.3 is 19.9 Å². The lowest BCUT2D eigenvalue weighted by molar-refractivity contribution is 0.107. The number of benzene rings is 1. The second-order valence-corrected chi connectivity index (χ2v) is 6.75. The zero-order valence-electron chi connectivity index (χ0n) is 13.8. The Morgan fingerprint density at radius 3 is 3.08 bits per heavy atom. The molecule has 4 rings (SSSR count). The van der Waals surface area contributed by atoms with E-state index in [1.54, 1.807) is 0 Å². The number of H-pyrrole nitrogens is 1. The number of imidazole rings is 1. The van der Waals surface area contributed by atoms with E-state index in [2.05, 4.69) is 10.3 Å². The number of hydrogen-bond acceptors (Lipinski definition) is 3. The molecular formula is C18H24N4O2. The predicted octanol–water partition coefficient (Wildman–Crippen LogP) is 2.63. The van der Waals surface area contributed by atoms with Gasteiger partial charge in [0, 0.05) is 32.2 Å². The molecule has 0 unspecified atom stereocenters. The van der Waals surface area contributed by atoms with E-state index in [0.29, 0.717) is 6.54 Å². The molecule has 1 aromatic heterocycles. The summed E-state index contributed by atoms with van der Waals surface area (Å²) in [6.07, 6.45) is 4.40. The highest BCUT2D eigenvalue weighted by Gasteiger charge is 2.27. The Kier molecular flexibility index (Phi) is 4.38. The van der Waals surface area contributed by atoms with Crippen molar-refractivity contribution in [3.63, 3.8) is 0 Å². The summed E-state index contributed by atoms with van der Waals surface area (Å²) in [7, 11) is 0. The monoisotopic (exact) mass is 328 g/mol. The van der Waals surface area contributed by atoms with Gasteiger partial charge >= 0.3 is 6.03 Å². The molecule has 6 heteroatoms. The van der Waals surface area contributed by atoms with Gasteiger partial charge in [0.1, 0.15) is 5.82 Å². The molecule has 3 heterocycles. The average Bonchev–Trinajstić information content (AvgIpc) is 3.29. The SMILES string of the molecule is O=C(NC[C@@H]1CCCO1)N1CCC[C@@H](c2nc3ccccc3[nH]2)C1. The van der Waals surface area contributed by atoms with Crippen LogP contribution >= 0.6 is 0 Å². The molecule has 2 atom stereocenters. The average molecular weight is 328 g/mol. The van der Waals surface area contributed by atoms with Crippen LogP contribution in [0, 0.1) is 0 Å². The highest BCUT2D eigenvalue weighted by molar-refractivity contribution is 5.75. The molecule has 0 saturated carbocycles. The number of rotatable bonds is 3. The van der Waals surface area contributed by atoms with Gasteiger partial charge in [-0.3, -0.25) is 0 Å². The minimum absolute atomic E-state index is 0.0197. The number of aromatic nitrogens is 2. The van der Waals surface area contributed by atoms with Crippen molar-refractivity contribution >= 4 is 17.1 Å². The fourth-order valence-corrected chi connectivity index (χ4v) is 3.67. The summed E-state index contributed by atoms with van der Waals surface area (Å²) in [5.41, 5.74) is 2.06. The van der Waals surface area contributed by atoms with E-state index in [1.165, 1.54) is 0 Å². The van der Waals surface area contributed by atoms with E-state index in [0.717, 1.165) is 62.2 Å². The predicted molar refractivity (Wildman–Crippen MR) is 92.0 cm³/mol. The van der Waals surface area contributed by atoms with Crippen molar-refractivity contribution in [3.8, 4) is 0 Å². The van der Waals surface area contributed by atoms with Crippen LogP contribution in [0.1, 0.15) is 37.4 Å². The number of piperidine rings is 1. The number of urea groups is 1. The fraction of sp³-hybridized carbons (Fsp3) is 0.556. The minimum Gasteiger partial charge on any atom is -0.376 e. The largest absolute Gasteiger partial charge is 0.376 e. The molecule has 2 aliphatic heterocycles. The minimum atomic E-state index is 0.0197. The Balaban J connectivity index is 1.38. The first-order valence-corrected chi connectivity index (χ1v) is 8.88. The number of amides is 2. The zero-order chi connectivity index (χ0) is 16.4. The summed E-state index contributed by atoms with van der Waals surface area (Å²) < 4.78 is 5.57. The summed E-state index contributed by atoms with van der Waals surface area (Å²) in [5.74, 6) is 1.27. The molecule has 2 N–H and O–H groups in total. The van der Waals surface area contributed by atoms with Crippen LogP contribution < -0.4 is 5.32 Å². The standard InChI is InChI=1S/C18H24N4O2/c23-18(19-11-14-6-4-10-24-14)22-9-3-5-13(12-22)17-20-15-7-1-2-8-16(15)21-17/h1-2,7-8,13-14H,3-6,9-12H2,(H,19,23)(H,20,21)/t13-,14+/m1/s1. The summed E-state index contributed by atoms with van der Waals surface area (Å²) in [5, 5.41) is 3.02. The molecule has 0 bridgehead atoms. The van der Waals surface area contributed by atoms with Crippen LogP contribution in [0.15, 0.2) is 24.3 Å². The first-order valence-electron chi connectivity index (χ1n) is 8.88.